The van der Waals surface area contributed by atoms with Crippen LogP contribution in [0.15, 0.2) is 54.9 Å². The highest BCUT2D eigenvalue weighted by atomic mass is 19.1. The Morgan fingerprint density at radius 1 is 1.12 bits per heavy atom. The highest BCUT2D eigenvalue weighted by Gasteiger charge is 2.29. The van der Waals surface area contributed by atoms with Crippen LogP contribution in [0.3, 0.4) is 0 Å². The van der Waals surface area contributed by atoms with Crippen LogP contribution >= 0.6 is 0 Å². The number of benzene rings is 2. The van der Waals surface area contributed by atoms with E-state index < -0.39 is 5.82 Å². The summed E-state index contributed by atoms with van der Waals surface area (Å²) in [5.74, 6) is 1.56. The number of aryl methyl sites for hydroxylation is 1. The minimum absolute atomic E-state index is 0.116. The van der Waals surface area contributed by atoms with Gasteiger partial charge >= 0.3 is 0 Å². The van der Waals surface area contributed by atoms with Crippen LogP contribution in [-0.2, 0) is 6.54 Å². The van der Waals surface area contributed by atoms with Gasteiger partial charge in [-0.1, -0.05) is 30.3 Å². The van der Waals surface area contributed by atoms with Crippen LogP contribution < -0.4 is 10.6 Å². The number of nitrogens with zero attached hydrogens (tertiary/aromatic N) is 6. The van der Waals surface area contributed by atoms with Crippen LogP contribution in [0.2, 0.25) is 0 Å². The number of anilines is 3. The third kappa shape index (κ3) is 4.22. The molecule has 0 fully saturated rings. The van der Waals surface area contributed by atoms with E-state index in [0.717, 1.165) is 36.7 Å². The van der Waals surface area contributed by atoms with E-state index in [1.54, 1.807) is 19.1 Å². The number of rotatable bonds is 6. The molecule has 9 heteroatoms. The first-order valence-corrected chi connectivity index (χ1v) is 11.3. The zero-order valence-corrected chi connectivity index (χ0v) is 19.5. The summed E-state index contributed by atoms with van der Waals surface area (Å²) >= 11 is 0. The van der Waals surface area contributed by atoms with Crippen molar-refractivity contribution in [1.29, 1.82) is 0 Å². The van der Waals surface area contributed by atoms with Crippen molar-refractivity contribution in [2.24, 2.45) is 0 Å². The number of hydrogen-bond acceptors (Lipinski definition) is 7. The quantitative estimate of drug-likeness (QED) is 0.447. The van der Waals surface area contributed by atoms with Crippen molar-refractivity contribution in [3.8, 4) is 5.69 Å². The molecule has 0 saturated carbocycles. The third-order valence-corrected chi connectivity index (χ3v) is 5.99. The van der Waals surface area contributed by atoms with Gasteiger partial charge in [0.2, 0.25) is 5.95 Å². The first kappa shape index (κ1) is 22.0. The van der Waals surface area contributed by atoms with Crippen molar-refractivity contribution in [2.75, 3.05) is 30.8 Å². The maximum Gasteiger partial charge on any atom is 0.229 e. The number of hydrogen-bond donors (Lipinski definition) is 2. The Kier molecular flexibility index (Phi) is 5.93. The lowest BCUT2D eigenvalue weighted by molar-refractivity contribution is 0.292. The lowest BCUT2D eigenvalue weighted by Gasteiger charge is -2.33. The van der Waals surface area contributed by atoms with Gasteiger partial charge in [-0.3, -0.25) is 0 Å². The van der Waals surface area contributed by atoms with E-state index in [-0.39, 0.29) is 5.92 Å². The summed E-state index contributed by atoms with van der Waals surface area (Å²) in [6, 6.07) is 15.3. The van der Waals surface area contributed by atoms with Crippen molar-refractivity contribution in [2.45, 2.75) is 26.3 Å². The molecule has 0 aliphatic carbocycles. The first-order chi connectivity index (χ1) is 16.5. The van der Waals surface area contributed by atoms with Gasteiger partial charge in [-0.25, -0.2) is 19.0 Å². The van der Waals surface area contributed by atoms with Crippen LogP contribution in [0.25, 0.3) is 5.69 Å². The topological polar surface area (TPSA) is 83.8 Å². The van der Waals surface area contributed by atoms with Crippen molar-refractivity contribution < 1.29 is 4.39 Å². The predicted molar refractivity (Wildman–Crippen MR) is 130 cm³/mol. The number of fused-ring (bicyclic) bond motifs is 1. The Morgan fingerprint density at radius 3 is 2.65 bits per heavy atom. The second-order valence-corrected chi connectivity index (χ2v) is 8.46. The van der Waals surface area contributed by atoms with Crippen LogP contribution in [0, 0.1) is 12.7 Å². The highest BCUT2D eigenvalue weighted by Crippen LogP contribution is 2.36. The summed E-state index contributed by atoms with van der Waals surface area (Å²) in [6.07, 6.45) is 1.41. The average molecular weight is 459 g/mol. The molecular weight excluding hydrogens is 431 g/mol. The van der Waals surface area contributed by atoms with Crippen LogP contribution in [0.5, 0.6) is 0 Å². The lowest BCUT2D eigenvalue weighted by Crippen LogP contribution is -2.33. The van der Waals surface area contributed by atoms with Crippen molar-refractivity contribution in [1.82, 2.24) is 29.6 Å². The zero-order valence-electron chi connectivity index (χ0n) is 19.5. The molecule has 0 radical (unpaired) electrons. The fourth-order valence-electron chi connectivity index (χ4n) is 4.42. The molecule has 0 amide bonds. The van der Waals surface area contributed by atoms with Crippen molar-refractivity contribution in [3.05, 3.63) is 83.3 Å². The molecular formula is C25H27FN8. The Hall–Kier alpha value is -3.85. The molecule has 0 spiro atoms. The third-order valence-electron chi connectivity index (χ3n) is 5.99. The van der Waals surface area contributed by atoms with Crippen LogP contribution in [-0.4, -0.2) is 49.8 Å². The van der Waals surface area contributed by atoms with Crippen molar-refractivity contribution in [3.63, 3.8) is 0 Å². The molecule has 8 nitrogen and oxygen atoms in total. The molecule has 1 aliphatic rings. The summed E-state index contributed by atoms with van der Waals surface area (Å²) in [5.41, 5.74) is 4.20. The molecule has 174 valence electrons. The summed E-state index contributed by atoms with van der Waals surface area (Å²) < 4.78 is 16.4. The monoisotopic (exact) mass is 458 g/mol. The van der Waals surface area contributed by atoms with E-state index in [4.69, 9.17) is 9.97 Å². The van der Waals surface area contributed by atoms with E-state index in [1.807, 2.05) is 13.0 Å². The van der Waals surface area contributed by atoms with Gasteiger partial charge < -0.3 is 15.5 Å². The fraction of sp³-hybridized carbons (Fsp3) is 0.280. The molecule has 4 aromatic rings. The Bertz CT molecular complexity index is 1300. The number of nitrogens with one attached hydrogen (secondary N) is 2. The van der Waals surface area contributed by atoms with Gasteiger partial charge in [0.05, 0.1) is 5.69 Å². The van der Waals surface area contributed by atoms with E-state index in [2.05, 4.69) is 56.9 Å². The summed E-state index contributed by atoms with van der Waals surface area (Å²) in [6.45, 7) is 6.19. The van der Waals surface area contributed by atoms with E-state index in [1.165, 1.54) is 22.6 Å². The SMILES string of the molecule is CCNc1nc(Nc2ccc(-n3ncnc3C)c(F)c2)nc2c1CN(C)CC2c1ccccc1. The standard InChI is InChI=1S/C25H27FN8/c1-4-27-24-20-14-33(3)13-19(17-8-6-5-7-9-17)23(20)31-25(32-24)30-18-10-11-22(21(26)12-18)34-16(2)28-15-29-34/h5-12,15,19H,4,13-14H2,1-3H3,(H2,27,30,31,32). The molecule has 2 N–H and O–H groups in total. The molecule has 34 heavy (non-hydrogen) atoms. The van der Waals surface area contributed by atoms with Crippen LogP contribution in [0.1, 0.15) is 35.5 Å². The maximum absolute atomic E-state index is 14.9. The molecule has 1 atom stereocenters. The molecule has 0 saturated heterocycles. The summed E-state index contributed by atoms with van der Waals surface area (Å²) in [4.78, 5) is 16.0. The molecule has 3 heterocycles. The maximum atomic E-state index is 14.9. The van der Waals surface area contributed by atoms with E-state index in [9.17, 15) is 4.39 Å². The molecule has 5 rings (SSSR count). The van der Waals surface area contributed by atoms with Gasteiger partial charge in [-0.05, 0) is 44.7 Å². The fourth-order valence-corrected chi connectivity index (χ4v) is 4.42. The smallest absolute Gasteiger partial charge is 0.229 e. The second-order valence-electron chi connectivity index (χ2n) is 8.46. The summed E-state index contributed by atoms with van der Waals surface area (Å²) in [5, 5.41) is 10.7. The molecule has 1 unspecified atom stereocenters. The van der Waals surface area contributed by atoms with Gasteiger partial charge in [-0.15, -0.1) is 0 Å². The van der Waals surface area contributed by atoms with Gasteiger partial charge in [0.15, 0.2) is 5.82 Å². The minimum Gasteiger partial charge on any atom is -0.370 e. The van der Waals surface area contributed by atoms with Crippen LogP contribution in [0.4, 0.5) is 21.8 Å². The highest BCUT2D eigenvalue weighted by molar-refractivity contribution is 5.60. The minimum atomic E-state index is -0.410. The summed E-state index contributed by atoms with van der Waals surface area (Å²) in [7, 11) is 2.11. The van der Waals surface area contributed by atoms with E-state index in [0.29, 0.717) is 23.1 Å². The largest absolute Gasteiger partial charge is 0.370 e. The van der Waals surface area contributed by atoms with Crippen molar-refractivity contribution >= 4 is 17.5 Å². The lowest BCUT2D eigenvalue weighted by atomic mass is 9.89. The molecule has 0 bridgehead atoms. The van der Waals surface area contributed by atoms with Gasteiger partial charge in [0.25, 0.3) is 0 Å². The predicted octanol–water partition coefficient (Wildman–Crippen LogP) is 4.26. The molecule has 2 aromatic heterocycles. The number of aromatic nitrogens is 5. The van der Waals surface area contributed by atoms with Gasteiger partial charge in [0.1, 0.15) is 23.7 Å². The first-order valence-electron chi connectivity index (χ1n) is 11.3. The molecule has 2 aromatic carbocycles. The number of likely N-dealkylation sites (N-methyl/N-ethyl adjacent to an activating group) is 1. The van der Waals surface area contributed by atoms with E-state index >= 15 is 0 Å². The Labute approximate surface area is 197 Å². The van der Waals surface area contributed by atoms with Gasteiger partial charge in [-0.2, -0.15) is 10.1 Å². The number of halogens is 1. The zero-order chi connectivity index (χ0) is 23.7. The second kappa shape index (κ2) is 9.18. The molecule has 1 aliphatic heterocycles. The van der Waals surface area contributed by atoms with Gasteiger partial charge in [0, 0.05) is 36.8 Å². The average Bonchev–Trinajstić information content (AvgIpc) is 3.25. The Balaban J connectivity index is 1.52. The Morgan fingerprint density at radius 2 is 1.94 bits per heavy atom. The normalized spacial score (nSPS) is 15.7.